The lowest BCUT2D eigenvalue weighted by Gasteiger charge is -2.21. The predicted octanol–water partition coefficient (Wildman–Crippen LogP) is 2.10. The number of aliphatic hydroxyl groups excluding tert-OH is 1. The number of nitrogens with zero attached hydrogens (tertiary/aromatic N) is 1. The summed E-state index contributed by atoms with van der Waals surface area (Å²) in [6, 6.07) is 8.37. The molecule has 0 bridgehead atoms. The number of furan rings is 1. The molecule has 0 aliphatic rings. The minimum atomic E-state index is -0.844. The van der Waals surface area contributed by atoms with Crippen molar-refractivity contribution in [1.29, 1.82) is 0 Å². The summed E-state index contributed by atoms with van der Waals surface area (Å²) in [5.74, 6) is 1.06. The third kappa shape index (κ3) is 3.40. The van der Waals surface area contributed by atoms with Crippen molar-refractivity contribution >= 4 is 5.91 Å². The molecule has 1 atom stereocenters. The van der Waals surface area contributed by atoms with Crippen LogP contribution in [0.1, 0.15) is 22.2 Å². The lowest BCUT2D eigenvalue weighted by molar-refractivity contribution is 0.0651. The van der Waals surface area contributed by atoms with Gasteiger partial charge in [0, 0.05) is 7.05 Å². The smallest absolute Gasteiger partial charge is 0.289 e. The third-order valence-corrected chi connectivity index (χ3v) is 3.32. The van der Waals surface area contributed by atoms with Crippen LogP contribution in [0, 0.1) is 0 Å². The second-order valence-electron chi connectivity index (χ2n) is 4.79. The molecule has 6 heteroatoms. The fourth-order valence-electron chi connectivity index (χ4n) is 2.10. The Hall–Kier alpha value is -2.47. The van der Waals surface area contributed by atoms with Crippen molar-refractivity contribution in [3.8, 4) is 11.5 Å². The average molecular weight is 305 g/mol. The molecule has 2 aromatic rings. The van der Waals surface area contributed by atoms with Crippen LogP contribution in [0.3, 0.4) is 0 Å². The third-order valence-electron chi connectivity index (χ3n) is 3.32. The molecule has 0 aliphatic heterocycles. The van der Waals surface area contributed by atoms with Gasteiger partial charge in [-0.25, -0.2) is 0 Å². The quantitative estimate of drug-likeness (QED) is 0.885. The van der Waals surface area contributed by atoms with Gasteiger partial charge in [0.05, 0.1) is 33.1 Å². The molecule has 1 amide bonds. The summed E-state index contributed by atoms with van der Waals surface area (Å²) in [5, 5.41) is 10.3. The zero-order valence-corrected chi connectivity index (χ0v) is 12.8. The van der Waals surface area contributed by atoms with Gasteiger partial charge in [-0.05, 0) is 29.8 Å². The fourth-order valence-corrected chi connectivity index (χ4v) is 2.10. The molecule has 0 spiro atoms. The number of benzene rings is 1. The van der Waals surface area contributed by atoms with Crippen molar-refractivity contribution in [2.45, 2.75) is 6.10 Å². The van der Waals surface area contributed by atoms with Crippen molar-refractivity contribution in [2.75, 3.05) is 27.8 Å². The maximum atomic E-state index is 12.1. The van der Waals surface area contributed by atoms with Gasteiger partial charge in [0.15, 0.2) is 17.3 Å². The second-order valence-corrected chi connectivity index (χ2v) is 4.79. The number of carbonyl (C=O) groups excluding carboxylic acids is 1. The van der Waals surface area contributed by atoms with E-state index in [4.69, 9.17) is 13.9 Å². The average Bonchev–Trinajstić information content (AvgIpc) is 3.07. The lowest BCUT2D eigenvalue weighted by Crippen LogP contribution is -2.30. The molecule has 2 rings (SSSR count). The van der Waals surface area contributed by atoms with Crippen molar-refractivity contribution in [1.82, 2.24) is 4.90 Å². The number of aliphatic hydroxyl groups is 1. The summed E-state index contributed by atoms with van der Waals surface area (Å²) in [7, 11) is 4.68. The maximum Gasteiger partial charge on any atom is 0.289 e. The summed E-state index contributed by atoms with van der Waals surface area (Å²) in [6.07, 6.45) is 0.593. The minimum absolute atomic E-state index is 0.134. The molecule has 1 unspecified atom stereocenters. The highest BCUT2D eigenvalue weighted by Crippen LogP contribution is 2.30. The summed E-state index contributed by atoms with van der Waals surface area (Å²) < 4.78 is 15.4. The van der Waals surface area contributed by atoms with Gasteiger partial charge in [-0.1, -0.05) is 6.07 Å². The molecule has 0 fully saturated rings. The first-order valence-electron chi connectivity index (χ1n) is 6.75. The van der Waals surface area contributed by atoms with Crippen LogP contribution in [0.2, 0.25) is 0 Å². The highest BCUT2D eigenvalue weighted by atomic mass is 16.5. The van der Waals surface area contributed by atoms with Crippen LogP contribution in [-0.2, 0) is 0 Å². The standard InChI is InChI=1S/C16H19NO5/c1-17(16(19)14-5-4-8-22-14)10-12(18)11-6-7-13(20-2)15(9-11)21-3/h4-9,12,18H,10H2,1-3H3. The van der Waals surface area contributed by atoms with E-state index in [0.717, 1.165) is 0 Å². The van der Waals surface area contributed by atoms with Crippen LogP contribution in [0.5, 0.6) is 11.5 Å². The van der Waals surface area contributed by atoms with Crippen LogP contribution in [-0.4, -0.2) is 43.7 Å². The summed E-state index contributed by atoms with van der Waals surface area (Å²) >= 11 is 0. The Kier molecular flexibility index (Phi) is 5.06. The molecule has 0 radical (unpaired) electrons. The highest BCUT2D eigenvalue weighted by molar-refractivity contribution is 5.91. The van der Waals surface area contributed by atoms with E-state index in [-0.39, 0.29) is 18.2 Å². The van der Waals surface area contributed by atoms with E-state index in [2.05, 4.69) is 0 Å². The van der Waals surface area contributed by atoms with E-state index in [1.807, 2.05) is 0 Å². The predicted molar refractivity (Wildman–Crippen MR) is 80.2 cm³/mol. The van der Waals surface area contributed by atoms with Gasteiger partial charge in [-0.2, -0.15) is 0 Å². The van der Waals surface area contributed by atoms with Crippen LogP contribution in [0.25, 0.3) is 0 Å². The van der Waals surface area contributed by atoms with Crippen molar-refractivity contribution < 1.29 is 23.8 Å². The van der Waals surface area contributed by atoms with Gasteiger partial charge in [-0.15, -0.1) is 0 Å². The van der Waals surface area contributed by atoms with Crippen molar-refractivity contribution in [2.24, 2.45) is 0 Å². The van der Waals surface area contributed by atoms with Gasteiger partial charge >= 0.3 is 0 Å². The molecular formula is C16H19NO5. The molecule has 0 aliphatic carbocycles. The Balaban J connectivity index is 2.08. The Bertz CT molecular complexity index is 623. The van der Waals surface area contributed by atoms with E-state index in [0.29, 0.717) is 17.1 Å². The molecule has 1 aromatic heterocycles. The first-order chi connectivity index (χ1) is 10.6. The number of amides is 1. The van der Waals surface area contributed by atoms with Gasteiger partial charge in [0.25, 0.3) is 5.91 Å². The minimum Gasteiger partial charge on any atom is -0.493 e. The maximum absolute atomic E-state index is 12.1. The normalized spacial score (nSPS) is 11.8. The zero-order valence-electron chi connectivity index (χ0n) is 12.8. The van der Waals surface area contributed by atoms with Crippen molar-refractivity contribution in [3.63, 3.8) is 0 Å². The number of hydrogen-bond donors (Lipinski definition) is 1. The summed E-state index contributed by atoms with van der Waals surface area (Å²) in [6.45, 7) is 0.134. The largest absolute Gasteiger partial charge is 0.493 e. The van der Waals surface area contributed by atoms with E-state index in [1.165, 1.54) is 18.3 Å². The summed E-state index contributed by atoms with van der Waals surface area (Å²) in [5.41, 5.74) is 0.636. The summed E-state index contributed by atoms with van der Waals surface area (Å²) in [4.78, 5) is 13.5. The number of ether oxygens (including phenoxy) is 2. The molecule has 1 heterocycles. The molecule has 22 heavy (non-hydrogen) atoms. The molecular weight excluding hydrogens is 286 g/mol. The van der Waals surface area contributed by atoms with E-state index < -0.39 is 6.10 Å². The lowest BCUT2D eigenvalue weighted by atomic mass is 10.1. The number of carbonyl (C=O) groups is 1. The fraction of sp³-hybridized carbons (Fsp3) is 0.312. The molecule has 0 saturated carbocycles. The number of rotatable bonds is 6. The SMILES string of the molecule is COc1ccc(C(O)CN(C)C(=O)c2ccco2)cc1OC. The highest BCUT2D eigenvalue weighted by Gasteiger charge is 2.19. The van der Waals surface area contributed by atoms with Crippen LogP contribution in [0.4, 0.5) is 0 Å². The Labute approximate surface area is 128 Å². The molecule has 1 N–H and O–H groups in total. The monoisotopic (exact) mass is 305 g/mol. The van der Waals surface area contributed by atoms with E-state index in [9.17, 15) is 9.90 Å². The van der Waals surface area contributed by atoms with Gasteiger partial charge in [-0.3, -0.25) is 4.79 Å². The zero-order chi connectivity index (χ0) is 16.1. The molecule has 118 valence electrons. The Morgan fingerprint density at radius 2 is 2.00 bits per heavy atom. The molecule has 0 saturated heterocycles. The first kappa shape index (κ1) is 15.9. The first-order valence-corrected chi connectivity index (χ1v) is 6.75. The van der Waals surface area contributed by atoms with Crippen LogP contribution < -0.4 is 9.47 Å². The number of likely N-dealkylation sites (N-methyl/N-ethyl adjacent to an activating group) is 1. The number of hydrogen-bond acceptors (Lipinski definition) is 5. The topological polar surface area (TPSA) is 72.1 Å². The van der Waals surface area contributed by atoms with Gasteiger partial charge in [0.1, 0.15) is 0 Å². The second kappa shape index (κ2) is 7.00. The van der Waals surface area contributed by atoms with Crippen LogP contribution >= 0.6 is 0 Å². The Morgan fingerprint density at radius 3 is 2.59 bits per heavy atom. The van der Waals surface area contributed by atoms with Gasteiger partial charge < -0.3 is 23.9 Å². The van der Waals surface area contributed by atoms with E-state index >= 15 is 0 Å². The number of methoxy groups -OCH3 is 2. The van der Waals surface area contributed by atoms with Gasteiger partial charge in [0.2, 0.25) is 0 Å². The van der Waals surface area contributed by atoms with Crippen molar-refractivity contribution in [3.05, 3.63) is 47.9 Å². The van der Waals surface area contributed by atoms with Crippen LogP contribution in [0.15, 0.2) is 41.0 Å². The Morgan fingerprint density at radius 1 is 1.27 bits per heavy atom. The molecule has 6 nitrogen and oxygen atoms in total. The molecule has 1 aromatic carbocycles. The van der Waals surface area contributed by atoms with E-state index in [1.54, 1.807) is 44.5 Å².